The molecule has 2 amide bonds. The van der Waals surface area contributed by atoms with Crippen LogP contribution in [-0.4, -0.2) is 34.4 Å². The fourth-order valence-corrected chi connectivity index (χ4v) is 1.73. The first-order valence-corrected chi connectivity index (χ1v) is 6.32. The number of carboxylic acids is 1. The Morgan fingerprint density at radius 3 is 2.65 bits per heavy atom. The molecule has 0 aliphatic carbocycles. The molecule has 1 aromatic carbocycles. The summed E-state index contributed by atoms with van der Waals surface area (Å²) in [5.41, 5.74) is -0.123. The third-order valence-corrected chi connectivity index (χ3v) is 2.84. The van der Waals surface area contributed by atoms with Gasteiger partial charge in [0.15, 0.2) is 0 Å². The van der Waals surface area contributed by atoms with Crippen LogP contribution in [0.25, 0.3) is 0 Å². The Bertz CT molecular complexity index is 517. The molecule has 0 aromatic heterocycles. The lowest BCUT2D eigenvalue weighted by atomic mass is 10.0. The van der Waals surface area contributed by atoms with Gasteiger partial charge in [0.1, 0.15) is 0 Å². The molecule has 7 heteroatoms. The van der Waals surface area contributed by atoms with Gasteiger partial charge in [-0.15, -0.1) is 0 Å². The van der Waals surface area contributed by atoms with Gasteiger partial charge in [-0.25, -0.2) is 4.79 Å². The average molecular weight is 301 g/mol. The number of aliphatic carboxylic acids is 1. The van der Waals surface area contributed by atoms with Gasteiger partial charge in [-0.2, -0.15) is 0 Å². The van der Waals surface area contributed by atoms with Crippen LogP contribution in [0.3, 0.4) is 0 Å². The molecule has 110 valence electrons. The van der Waals surface area contributed by atoms with Gasteiger partial charge in [0.2, 0.25) is 0 Å². The average Bonchev–Trinajstić information content (AvgIpc) is 2.30. The molecular formula is C13H17ClN2O4. The number of hydrogen-bond acceptors (Lipinski definition) is 3. The number of carbonyl (C=O) groups is 2. The van der Waals surface area contributed by atoms with E-state index < -0.39 is 24.0 Å². The molecule has 0 heterocycles. The second-order valence-electron chi connectivity index (χ2n) is 4.83. The second kappa shape index (κ2) is 6.58. The van der Waals surface area contributed by atoms with Crippen molar-refractivity contribution in [3.63, 3.8) is 0 Å². The summed E-state index contributed by atoms with van der Waals surface area (Å²) in [5, 5.41) is 23.9. The van der Waals surface area contributed by atoms with Crippen LogP contribution < -0.4 is 10.6 Å². The van der Waals surface area contributed by atoms with E-state index in [1.165, 1.54) is 6.92 Å². The van der Waals surface area contributed by atoms with Gasteiger partial charge < -0.3 is 20.8 Å². The third-order valence-electron chi connectivity index (χ3n) is 2.61. The molecular weight excluding hydrogens is 284 g/mol. The lowest BCUT2D eigenvalue weighted by Gasteiger charge is -2.21. The summed E-state index contributed by atoms with van der Waals surface area (Å²) in [6.07, 6.45) is -0.455. The molecule has 0 saturated carbocycles. The van der Waals surface area contributed by atoms with Crippen LogP contribution in [0.1, 0.15) is 18.9 Å². The van der Waals surface area contributed by atoms with Crippen molar-refractivity contribution in [3.05, 3.63) is 28.8 Å². The summed E-state index contributed by atoms with van der Waals surface area (Å²) in [4.78, 5) is 22.2. The van der Waals surface area contributed by atoms with Crippen molar-refractivity contribution in [1.29, 1.82) is 0 Å². The highest BCUT2D eigenvalue weighted by Gasteiger charge is 2.24. The quantitative estimate of drug-likeness (QED) is 0.668. The lowest BCUT2D eigenvalue weighted by Crippen LogP contribution is -2.43. The molecule has 20 heavy (non-hydrogen) atoms. The topological polar surface area (TPSA) is 98.7 Å². The number of carbonyl (C=O) groups excluding carboxylic acids is 1. The van der Waals surface area contributed by atoms with Crippen molar-refractivity contribution in [2.45, 2.75) is 25.9 Å². The first-order chi connectivity index (χ1) is 9.19. The summed E-state index contributed by atoms with van der Waals surface area (Å²) in [6.45, 7) is 2.98. The van der Waals surface area contributed by atoms with Crippen LogP contribution >= 0.6 is 11.6 Å². The third kappa shape index (κ3) is 5.46. The minimum atomic E-state index is -1.51. The molecule has 1 rings (SSSR count). The summed E-state index contributed by atoms with van der Waals surface area (Å²) in [7, 11) is 0. The van der Waals surface area contributed by atoms with Crippen molar-refractivity contribution < 1.29 is 19.8 Å². The van der Waals surface area contributed by atoms with Gasteiger partial charge in [-0.3, -0.25) is 4.79 Å². The Labute approximate surface area is 121 Å². The number of benzene rings is 1. The van der Waals surface area contributed by atoms with Crippen LogP contribution in [-0.2, 0) is 4.79 Å². The summed E-state index contributed by atoms with van der Waals surface area (Å²) >= 11 is 5.83. The van der Waals surface area contributed by atoms with Gasteiger partial charge >= 0.3 is 12.0 Å². The SMILES string of the molecule is Cc1ccc(Cl)cc1NC(=O)NCC(C)(O)CC(=O)O. The Morgan fingerprint density at radius 1 is 1.40 bits per heavy atom. The molecule has 0 radical (unpaired) electrons. The van der Waals surface area contributed by atoms with Crippen LogP contribution in [0.5, 0.6) is 0 Å². The zero-order valence-electron chi connectivity index (χ0n) is 11.2. The number of aliphatic hydroxyl groups is 1. The zero-order valence-corrected chi connectivity index (χ0v) is 12.0. The maximum Gasteiger partial charge on any atom is 0.319 e. The van der Waals surface area contributed by atoms with Gasteiger partial charge in [0, 0.05) is 17.3 Å². The smallest absolute Gasteiger partial charge is 0.319 e. The number of rotatable bonds is 5. The second-order valence-corrected chi connectivity index (χ2v) is 5.27. The number of amides is 2. The van der Waals surface area contributed by atoms with E-state index in [0.29, 0.717) is 10.7 Å². The van der Waals surface area contributed by atoms with Crippen molar-refractivity contribution in [2.75, 3.05) is 11.9 Å². The molecule has 1 unspecified atom stereocenters. The largest absolute Gasteiger partial charge is 0.481 e. The van der Waals surface area contributed by atoms with E-state index in [4.69, 9.17) is 16.7 Å². The fourth-order valence-electron chi connectivity index (χ4n) is 1.55. The Hall–Kier alpha value is -1.79. The molecule has 1 aromatic rings. The maximum atomic E-state index is 11.7. The number of hydrogen-bond donors (Lipinski definition) is 4. The molecule has 0 saturated heterocycles. The molecule has 1 atom stereocenters. The molecule has 0 spiro atoms. The van der Waals surface area contributed by atoms with Crippen LogP contribution in [0.2, 0.25) is 5.02 Å². The van der Waals surface area contributed by atoms with Gasteiger partial charge in [0.05, 0.1) is 12.0 Å². The Balaban J connectivity index is 2.56. The van der Waals surface area contributed by atoms with Crippen molar-refractivity contribution >= 4 is 29.3 Å². The van der Waals surface area contributed by atoms with Crippen LogP contribution in [0, 0.1) is 6.92 Å². The Kier molecular flexibility index (Phi) is 5.35. The number of halogens is 1. The number of anilines is 1. The van der Waals surface area contributed by atoms with Crippen molar-refractivity contribution in [3.8, 4) is 0 Å². The van der Waals surface area contributed by atoms with E-state index in [1.807, 2.05) is 6.92 Å². The van der Waals surface area contributed by atoms with E-state index in [1.54, 1.807) is 18.2 Å². The first kappa shape index (κ1) is 16.3. The highest BCUT2D eigenvalue weighted by molar-refractivity contribution is 6.31. The van der Waals surface area contributed by atoms with Gasteiger partial charge in [0.25, 0.3) is 0 Å². The van der Waals surface area contributed by atoms with E-state index >= 15 is 0 Å². The normalized spacial score (nSPS) is 13.4. The maximum absolute atomic E-state index is 11.7. The molecule has 0 bridgehead atoms. The van der Waals surface area contributed by atoms with E-state index in [-0.39, 0.29) is 6.54 Å². The molecule has 0 fully saturated rings. The highest BCUT2D eigenvalue weighted by Crippen LogP contribution is 2.20. The number of urea groups is 1. The lowest BCUT2D eigenvalue weighted by molar-refractivity contribution is -0.141. The minimum absolute atomic E-state index is 0.176. The molecule has 4 N–H and O–H groups in total. The number of nitrogens with one attached hydrogen (secondary N) is 2. The standard InChI is InChI=1S/C13H17ClN2O4/c1-8-3-4-9(14)5-10(8)16-12(19)15-7-13(2,20)6-11(17)18/h3-5,20H,6-7H2,1-2H3,(H,17,18)(H2,15,16,19). The fraction of sp³-hybridized carbons (Fsp3) is 0.385. The molecule has 0 aliphatic rings. The summed E-state index contributed by atoms with van der Waals surface area (Å²) in [6, 6.07) is 4.53. The van der Waals surface area contributed by atoms with Gasteiger partial charge in [-0.1, -0.05) is 17.7 Å². The highest BCUT2D eigenvalue weighted by atomic mass is 35.5. The van der Waals surface area contributed by atoms with E-state index in [0.717, 1.165) is 5.56 Å². The molecule has 6 nitrogen and oxygen atoms in total. The first-order valence-electron chi connectivity index (χ1n) is 5.95. The van der Waals surface area contributed by atoms with Crippen molar-refractivity contribution in [1.82, 2.24) is 5.32 Å². The molecule has 0 aliphatic heterocycles. The predicted octanol–water partition coefficient (Wildman–Crippen LogP) is 2.00. The van der Waals surface area contributed by atoms with Crippen molar-refractivity contribution in [2.24, 2.45) is 0 Å². The van der Waals surface area contributed by atoms with E-state index in [9.17, 15) is 14.7 Å². The monoisotopic (exact) mass is 300 g/mol. The van der Waals surface area contributed by atoms with Crippen LogP contribution in [0.4, 0.5) is 10.5 Å². The predicted molar refractivity (Wildman–Crippen MR) is 76.1 cm³/mol. The zero-order chi connectivity index (χ0) is 15.3. The number of carboxylic acid groups (broad SMARTS) is 1. The number of aryl methyl sites for hydroxylation is 1. The summed E-state index contributed by atoms with van der Waals surface area (Å²) < 4.78 is 0. The summed E-state index contributed by atoms with van der Waals surface area (Å²) in [5.74, 6) is -1.14. The Morgan fingerprint density at radius 2 is 2.05 bits per heavy atom. The minimum Gasteiger partial charge on any atom is -0.481 e. The van der Waals surface area contributed by atoms with Crippen LogP contribution in [0.15, 0.2) is 18.2 Å². The van der Waals surface area contributed by atoms with E-state index in [2.05, 4.69) is 10.6 Å². The van der Waals surface area contributed by atoms with Gasteiger partial charge in [-0.05, 0) is 31.5 Å².